The maximum Gasteiger partial charge on any atom is 0.332 e. The van der Waals surface area contributed by atoms with Gasteiger partial charge in [-0.3, -0.25) is 4.79 Å². The Hall–Kier alpha value is -3.35. The van der Waals surface area contributed by atoms with E-state index < -0.39 is 17.9 Å². The van der Waals surface area contributed by atoms with Gasteiger partial charge in [-0.1, -0.05) is 30.3 Å². The number of ether oxygens (including phenoxy) is 1. The van der Waals surface area contributed by atoms with Crippen LogP contribution >= 0.6 is 0 Å². The van der Waals surface area contributed by atoms with Gasteiger partial charge in [-0.05, 0) is 18.2 Å². The van der Waals surface area contributed by atoms with Crippen LogP contribution in [0.1, 0.15) is 23.5 Å². The lowest BCUT2D eigenvalue weighted by molar-refractivity contribution is -0.133. The number of phenols is 1. The number of aromatic hydroxyl groups is 1. The smallest absolute Gasteiger partial charge is 0.332 e. The third kappa shape index (κ3) is 3.05. The molecule has 4 N–H and O–H groups in total. The quantitative estimate of drug-likeness (QED) is 0.344. The lowest BCUT2D eigenvalue weighted by Crippen LogP contribution is -2.27. The molecule has 1 heterocycles. The Labute approximate surface area is 137 Å². The predicted octanol–water partition coefficient (Wildman–Crippen LogP) is 1.86. The number of nitrogens with one attached hydrogen (secondary N) is 1. The van der Waals surface area contributed by atoms with Crippen molar-refractivity contribution in [3.8, 4) is 11.5 Å². The minimum absolute atomic E-state index is 0.0119. The summed E-state index contributed by atoms with van der Waals surface area (Å²) in [5, 5.41) is 14.0. The molecule has 7 nitrogen and oxygen atoms in total. The standard InChI is InChI=1S/C17H15N3O4/c18-17(23)20-19-13(11-6-1-3-7-14(11)21)9-12-10-5-2-4-8-15(10)24-16(12)22/h1-8,12,21H,9H2,(H3,18,20,23)/b19-13+. The molecule has 3 rings (SSSR count). The van der Waals surface area contributed by atoms with E-state index in [9.17, 15) is 14.7 Å². The fraction of sp³-hybridized carbons (Fsp3) is 0.118. The molecule has 2 aromatic rings. The third-order valence-electron chi connectivity index (χ3n) is 3.70. The van der Waals surface area contributed by atoms with Crippen molar-refractivity contribution in [2.24, 2.45) is 10.8 Å². The van der Waals surface area contributed by atoms with Crippen LogP contribution in [-0.4, -0.2) is 22.8 Å². The Bertz CT molecular complexity index is 832. The largest absolute Gasteiger partial charge is 0.507 e. The van der Waals surface area contributed by atoms with Gasteiger partial charge in [-0.2, -0.15) is 5.10 Å². The molecule has 0 aromatic heterocycles. The summed E-state index contributed by atoms with van der Waals surface area (Å²) in [6.45, 7) is 0. The van der Waals surface area contributed by atoms with Crippen molar-refractivity contribution in [3.05, 3.63) is 59.7 Å². The summed E-state index contributed by atoms with van der Waals surface area (Å²) in [7, 11) is 0. The third-order valence-corrected chi connectivity index (χ3v) is 3.70. The molecule has 0 saturated carbocycles. The topological polar surface area (TPSA) is 114 Å². The van der Waals surface area contributed by atoms with Gasteiger partial charge >= 0.3 is 12.0 Å². The molecule has 1 aliphatic rings. The molecule has 122 valence electrons. The number of carbonyl (C=O) groups excluding carboxylic acids is 2. The first kappa shape index (κ1) is 15.5. The molecule has 2 amide bonds. The minimum Gasteiger partial charge on any atom is -0.507 e. The van der Waals surface area contributed by atoms with Crippen LogP contribution < -0.4 is 15.9 Å². The van der Waals surface area contributed by atoms with Crippen LogP contribution in [0.3, 0.4) is 0 Å². The number of carbonyl (C=O) groups is 2. The van der Waals surface area contributed by atoms with Gasteiger partial charge in [0.1, 0.15) is 11.5 Å². The highest BCUT2D eigenvalue weighted by atomic mass is 16.5. The lowest BCUT2D eigenvalue weighted by atomic mass is 9.92. The van der Waals surface area contributed by atoms with Gasteiger partial charge in [0, 0.05) is 17.5 Å². The second-order valence-electron chi connectivity index (χ2n) is 5.27. The van der Waals surface area contributed by atoms with Gasteiger partial charge in [0.2, 0.25) is 0 Å². The average molecular weight is 325 g/mol. The van der Waals surface area contributed by atoms with E-state index in [0.29, 0.717) is 17.0 Å². The number of urea groups is 1. The monoisotopic (exact) mass is 325 g/mol. The second kappa shape index (κ2) is 6.41. The zero-order valence-corrected chi connectivity index (χ0v) is 12.6. The normalized spacial score (nSPS) is 16.4. The van der Waals surface area contributed by atoms with Crippen molar-refractivity contribution in [3.63, 3.8) is 0 Å². The predicted molar refractivity (Wildman–Crippen MR) is 86.8 cm³/mol. The van der Waals surface area contributed by atoms with Crippen molar-refractivity contribution in [1.29, 1.82) is 0 Å². The van der Waals surface area contributed by atoms with E-state index >= 15 is 0 Å². The van der Waals surface area contributed by atoms with E-state index in [2.05, 4.69) is 10.5 Å². The Morgan fingerprint density at radius 1 is 1.21 bits per heavy atom. The molecule has 0 bridgehead atoms. The highest BCUT2D eigenvalue weighted by Gasteiger charge is 2.34. The molecule has 0 radical (unpaired) electrons. The maximum absolute atomic E-state index is 12.2. The molecule has 24 heavy (non-hydrogen) atoms. The maximum atomic E-state index is 12.2. The summed E-state index contributed by atoms with van der Waals surface area (Å²) < 4.78 is 5.24. The Morgan fingerprint density at radius 2 is 1.92 bits per heavy atom. The van der Waals surface area contributed by atoms with E-state index in [1.807, 2.05) is 6.07 Å². The van der Waals surface area contributed by atoms with Gasteiger partial charge in [-0.25, -0.2) is 10.2 Å². The lowest BCUT2D eigenvalue weighted by Gasteiger charge is -2.12. The van der Waals surface area contributed by atoms with Crippen LogP contribution in [0.15, 0.2) is 53.6 Å². The van der Waals surface area contributed by atoms with Crippen molar-refractivity contribution < 1.29 is 19.4 Å². The summed E-state index contributed by atoms with van der Waals surface area (Å²) in [4.78, 5) is 23.1. The number of nitrogens with zero attached hydrogens (tertiary/aromatic N) is 1. The average Bonchev–Trinajstić information content (AvgIpc) is 2.87. The van der Waals surface area contributed by atoms with Crippen LogP contribution in [0.5, 0.6) is 11.5 Å². The summed E-state index contributed by atoms with van der Waals surface area (Å²) >= 11 is 0. The van der Waals surface area contributed by atoms with Gasteiger partial charge < -0.3 is 15.6 Å². The molecule has 1 atom stereocenters. The number of amides is 2. The van der Waals surface area contributed by atoms with Crippen LogP contribution in [0.4, 0.5) is 4.79 Å². The molecular weight excluding hydrogens is 310 g/mol. The molecule has 0 saturated heterocycles. The Balaban J connectivity index is 1.96. The fourth-order valence-corrected chi connectivity index (χ4v) is 2.61. The number of nitrogens with two attached hydrogens (primary N) is 1. The van der Waals surface area contributed by atoms with Gasteiger partial charge in [0.15, 0.2) is 0 Å². The van der Waals surface area contributed by atoms with E-state index in [0.717, 1.165) is 5.56 Å². The van der Waals surface area contributed by atoms with E-state index in [1.165, 1.54) is 6.07 Å². The molecule has 7 heteroatoms. The summed E-state index contributed by atoms with van der Waals surface area (Å²) in [6.07, 6.45) is 0.147. The molecule has 1 aliphatic heterocycles. The van der Waals surface area contributed by atoms with Gasteiger partial charge in [-0.15, -0.1) is 0 Å². The number of phenolic OH excluding ortho intramolecular Hbond substituents is 1. The number of hydrogen-bond donors (Lipinski definition) is 3. The number of esters is 1. The van der Waals surface area contributed by atoms with Crippen LogP contribution in [-0.2, 0) is 4.79 Å². The zero-order chi connectivity index (χ0) is 17.1. The van der Waals surface area contributed by atoms with Crippen molar-refractivity contribution in [1.82, 2.24) is 5.43 Å². The first-order chi connectivity index (χ1) is 11.6. The van der Waals surface area contributed by atoms with Crippen LogP contribution in [0.2, 0.25) is 0 Å². The number of para-hydroxylation sites is 2. The molecule has 0 fully saturated rings. The molecular formula is C17H15N3O4. The molecule has 2 aromatic carbocycles. The Morgan fingerprint density at radius 3 is 2.67 bits per heavy atom. The number of benzene rings is 2. The molecule has 0 spiro atoms. The summed E-state index contributed by atoms with van der Waals surface area (Å²) in [5.41, 5.74) is 8.68. The van der Waals surface area contributed by atoms with E-state index in [4.69, 9.17) is 10.5 Å². The number of primary amides is 1. The number of hydrogen-bond acceptors (Lipinski definition) is 5. The van der Waals surface area contributed by atoms with Crippen molar-refractivity contribution in [2.75, 3.05) is 0 Å². The first-order valence-electron chi connectivity index (χ1n) is 7.27. The van der Waals surface area contributed by atoms with Gasteiger partial charge in [0.25, 0.3) is 0 Å². The highest BCUT2D eigenvalue weighted by Crippen LogP contribution is 2.37. The first-order valence-corrected chi connectivity index (χ1v) is 7.27. The van der Waals surface area contributed by atoms with E-state index in [-0.39, 0.29) is 12.2 Å². The number of fused-ring (bicyclic) bond motifs is 1. The van der Waals surface area contributed by atoms with Crippen LogP contribution in [0, 0.1) is 0 Å². The SMILES string of the molecule is NC(=O)N/N=C(\CC1C(=O)Oc2ccccc21)c1ccccc1O. The Kier molecular flexibility index (Phi) is 4.15. The zero-order valence-electron chi connectivity index (χ0n) is 12.6. The number of rotatable bonds is 4. The minimum atomic E-state index is -0.836. The van der Waals surface area contributed by atoms with Crippen molar-refractivity contribution >= 4 is 17.7 Å². The van der Waals surface area contributed by atoms with E-state index in [1.54, 1.807) is 36.4 Å². The highest BCUT2D eigenvalue weighted by molar-refractivity contribution is 6.06. The molecule has 1 unspecified atom stereocenters. The molecule has 0 aliphatic carbocycles. The summed E-state index contributed by atoms with van der Waals surface area (Å²) in [5.74, 6) is -0.484. The number of hydrazone groups is 1. The van der Waals surface area contributed by atoms with Gasteiger partial charge in [0.05, 0.1) is 11.6 Å². The second-order valence-corrected chi connectivity index (χ2v) is 5.27. The summed E-state index contributed by atoms with van der Waals surface area (Å²) in [6, 6.07) is 12.8. The van der Waals surface area contributed by atoms with Crippen LogP contribution in [0.25, 0.3) is 0 Å². The van der Waals surface area contributed by atoms with Crippen molar-refractivity contribution in [2.45, 2.75) is 12.3 Å². The fourth-order valence-electron chi connectivity index (χ4n) is 2.61.